The van der Waals surface area contributed by atoms with E-state index in [0.717, 1.165) is 26.1 Å². The highest BCUT2D eigenvalue weighted by Crippen LogP contribution is 2.40. The quantitative estimate of drug-likeness (QED) is 0.656. The van der Waals surface area contributed by atoms with Gasteiger partial charge in [0.1, 0.15) is 5.82 Å². The number of hydrogen-bond acceptors (Lipinski definition) is 4. The number of Topliss-reactive ketones (excluding diaryl/α,β-unsaturated/α-hetero) is 1. The zero-order chi connectivity index (χ0) is 17.7. The summed E-state index contributed by atoms with van der Waals surface area (Å²) in [6.45, 7) is 3.10. The standard InChI is InChI=1S/C21H19FN2OS/c22-16-6-4-14(5-7-16)19(25)12-23-8-9-24-17(11-23)10-15-13-26-20-3-1-2-18(24)21(15)20/h1-7,13,17H,8-12H2. The molecule has 1 unspecified atom stereocenters. The third-order valence-electron chi connectivity index (χ3n) is 5.52. The van der Waals surface area contributed by atoms with Gasteiger partial charge in [0, 0.05) is 47.0 Å². The molecule has 0 radical (unpaired) electrons. The topological polar surface area (TPSA) is 23.6 Å². The number of rotatable bonds is 3. The van der Waals surface area contributed by atoms with Gasteiger partial charge < -0.3 is 4.90 Å². The fraction of sp³-hybridized carbons (Fsp3) is 0.286. The minimum atomic E-state index is -0.307. The largest absolute Gasteiger partial charge is 0.365 e. The lowest BCUT2D eigenvalue weighted by Gasteiger charge is -2.45. The van der Waals surface area contributed by atoms with Crippen molar-refractivity contribution in [3.8, 4) is 0 Å². The van der Waals surface area contributed by atoms with Gasteiger partial charge in [0.05, 0.1) is 6.54 Å². The number of thiophene rings is 1. The van der Waals surface area contributed by atoms with Crippen LogP contribution in [0.3, 0.4) is 0 Å². The normalized spacial score (nSPS) is 19.6. The van der Waals surface area contributed by atoms with Crippen molar-refractivity contribution in [1.29, 1.82) is 0 Å². The Bertz CT molecular complexity index is 981. The van der Waals surface area contributed by atoms with Crippen LogP contribution in [-0.4, -0.2) is 42.9 Å². The van der Waals surface area contributed by atoms with E-state index in [0.29, 0.717) is 18.2 Å². The maximum Gasteiger partial charge on any atom is 0.176 e. The first-order valence-corrected chi connectivity index (χ1v) is 9.84. The summed E-state index contributed by atoms with van der Waals surface area (Å²) in [6, 6.07) is 12.8. The van der Waals surface area contributed by atoms with Crippen molar-refractivity contribution in [3.05, 3.63) is 64.8 Å². The molecule has 2 aromatic carbocycles. The number of anilines is 1. The zero-order valence-electron chi connectivity index (χ0n) is 14.3. The van der Waals surface area contributed by atoms with E-state index < -0.39 is 0 Å². The molecule has 1 saturated heterocycles. The van der Waals surface area contributed by atoms with Crippen LogP contribution in [0.15, 0.2) is 47.8 Å². The first-order chi connectivity index (χ1) is 12.7. The molecule has 26 heavy (non-hydrogen) atoms. The van der Waals surface area contributed by atoms with Gasteiger partial charge in [-0.3, -0.25) is 9.69 Å². The van der Waals surface area contributed by atoms with Crippen LogP contribution in [-0.2, 0) is 6.42 Å². The van der Waals surface area contributed by atoms with Crippen LogP contribution in [0.5, 0.6) is 0 Å². The van der Waals surface area contributed by atoms with E-state index in [-0.39, 0.29) is 11.6 Å². The molecule has 3 aromatic rings. The molecular weight excluding hydrogens is 347 g/mol. The van der Waals surface area contributed by atoms with Crippen LogP contribution in [0.2, 0.25) is 0 Å². The molecule has 0 N–H and O–H groups in total. The number of halogens is 1. The second-order valence-corrected chi connectivity index (χ2v) is 8.04. The summed E-state index contributed by atoms with van der Waals surface area (Å²) in [4.78, 5) is 17.3. The molecule has 3 nitrogen and oxygen atoms in total. The first kappa shape index (κ1) is 16.0. The zero-order valence-corrected chi connectivity index (χ0v) is 15.1. The predicted molar refractivity (Wildman–Crippen MR) is 104 cm³/mol. The van der Waals surface area contributed by atoms with Gasteiger partial charge in [-0.05, 0) is 53.8 Å². The van der Waals surface area contributed by atoms with Crippen LogP contribution in [0.1, 0.15) is 15.9 Å². The Balaban J connectivity index is 1.33. The minimum absolute atomic E-state index is 0.0626. The molecule has 1 aromatic heterocycles. The summed E-state index contributed by atoms with van der Waals surface area (Å²) in [7, 11) is 0. The number of carbonyl (C=O) groups is 1. The number of piperazine rings is 1. The molecule has 3 heterocycles. The summed E-state index contributed by atoms with van der Waals surface area (Å²) in [6.07, 6.45) is 1.04. The predicted octanol–water partition coefficient (Wildman–Crippen LogP) is 3.97. The average molecular weight is 366 g/mol. The van der Waals surface area contributed by atoms with Crippen molar-refractivity contribution < 1.29 is 9.18 Å². The van der Waals surface area contributed by atoms with Crippen LogP contribution in [0.25, 0.3) is 10.1 Å². The summed E-state index contributed by atoms with van der Waals surface area (Å²) in [5.41, 5.74) is 3.37. The molecule has 132 valence electrons. The molecule has 1 fully saturated rings. The van der Waals surface area contributed by atoms with Crippen molar-refractivity contribution in [2.24, 2.45) is 0 Å². The first-order valence-electron chi connectivity index (χ1n) is 8.96. The maximum atomic E-state index is 13.1. The fourth-order valence-corrected chi connectivity index (χ4v) is 5.26. The van der Waals surface area contributed by atoms with E-state index in [2.05, 4.69) is 33.4 Å². The number of fused-ring (bicyclic) bond motifs is 2. The van der Waals surface area contributed by atoms with E-state index >= 15 is 0 Å². The molecule has 5 heteroatoms. The van der Waals surface area contributed by atoms with Crippen molar-refractivity contribution in [1.82, 2.24) is 4.90 Å². The van der Waals surface area contributed by atoms with Crippen LogP contribution < -0.4 is 4.90 Å². The van der Waals surface area contributed by atoms with Gasteiger partial charge >= 0.3 is 0 Å². The van der Waals surface area contributed by atoms with Crippen LogP contribution in [0.4, 0.5) is 10.1 Å². The second-order valence-electron chi connectivity index (χ2n) is 7.13. The Morgan fingerprint density at radius 3 is 2.85 bits per heavy atom. The van der Waals surface area contributed by atoms with Gasteiger partial charge in [0.2, 0.25) is 0 Å². The van der Waals surface area contributed by atoms with Crippen molar-refractivity contribution in [2.45, 2.75) is 12.5 Å². The molecule has 0 aliphatic carbocycles. The molecule has 2 aliphatic rings. The van der Waals surface area contributed by atoms with Gasteiger partial charge in [-0.25, -0.2) is 4.39 Å². The fourth-order valence-electron chi connectivity index (χ4n) is 4.26. The number of nitrogens with zero attached hydrogens (tertiary/aromatic N) is 2. The molecular formula is C21H19FN2OS. The Labute approximate surface area is 155 Å². The Morgan fingerprint density at radius 1 is 1.15 bits per heavy atom. The summed E-state index contributed by atoms with van der Waals surface area (Å²) < 4.78 is 14.4. The lowest BCUT2D eigenvalue weighted by molar-refractivity contribution is 0.0914. The second kappa shape index (κ2) is 6.18. The summed E-state index contributed by atoms with van der Waals surface area (Å²) in [5.74, 6) is -0.245. The van der Waals surface area contributed by atoms with E-state index in [1.165, 1.54) is 33.5 Å². The highest BCUT2D eigenvalue weighted by Gasteiger charge is 2.33. The molecule has 0 amide bonds. The lowest BCUT2D eigenvalue weighted by Crippen LogP contribution is -2.56. The van der Waals surface area contributed by atoms with E-state index in [4.69, 9.17) is 0 Å². The average Bonchev–Trinajstić information content (AvgIpc) is 3.06. The molecule has 1 atom stereocenters. The maximum absolute atomic E-state index is 13.1. The van der Waals surface area contributed by atoms with E-state index in [1.807, 2.05) is 11.3 Å². The highest BCUT2D eigenvalue weighted by molar-refractivity contribution is 7.17. The Kier molecular flexibility index (Phi) is 3.80. The van der Waals surface area contributed by atoms with Crippen molar-refractivity contribution in [3.63, 3.8) is 0 Å². The molecule has 5 rings (SSSR count). The monoisotopic (exact) mass is 366 g/mol. The molecule has 2 aliphatic heterocycles. The van der Waals surface area contributed by atoms with Gasteiger partial charge in [-0.1, -0.05) is 6.07 Å². The van der Waals surface area contributed by atoms with Gasteiger partial charge in [0.25, 0.3) is 0 Å². The minimum Gasteiger partial charge on any atom is -0.365 e. The number of hydrogen-bond donors (Lipinski definition) is 0. The van der Waals surface area contributed by atoms with Crippen molar-refractivity contribution >= 4 is 32.9 Å². The van der Waals surface area contributed by atoms with E-state index in [1.54, 1.807) is 12.1 Å². The number of carbonyl (C=O) groups excluding carboxylic acids is 1. The highest BCUT2D eigenvalue weighted by atomic mass is 32.1. The summed E-state index contributed by atoms with van der Waals surface area (Å²) in [5, 5.41) is 3.71. The molecule has 0 saturated carbocycles. The SMILES string of the molecule is O=C(CN1CCN2c3cccc4scc(c34)CC2C1)c1ccc(F)cc1. The van der Waals surface area contributed by atoms with Crippen LogP contribution in [0, 0.1) is 5.82 Å². The number of benzene rings is 2. The molecule has 0 bridgehead atoms. The van der Waals surface area contributed by atoms with E-state index in [9.17, 15) is 9.18 Å². The van der Waals surface area contributed by atoms with Gasteiger partial charge in [-0.15, -0.1) is 11.3 Å². The van der Waals surface area contributed by atoms with Gasteiger partial charge in [-0.2, -0.15) is 0 Å². The van der Waals surface area contributed by atoms with Gasteiger partial charge in [0.15, 0.2) is 5.78 Å². The molecule has 0 spiro atoms. The van der Waals surface area contributed by atoms with Crippen molar-refractivity contribution in [2.75, 3.05) is 31.1 Å². The summed E-state index contributed by atoms with van der Waals surface area (Å²) >= 11 is 1.82. The number of ketones is 1. The Hall–Kier alpha value is -2.24. The smallest absolute Gasteiger partial charge is 0.176 e. The lowest BCUT2D eigenvalue weighted by atomic mass is 9.94. The third kappa shape index (κ3) is 2.63. The Morgan fingerprint density at radius 2 is 2.00 bits per heavy atom. The third-order valence-corrected chi connectivity index (χ3v) is 6.52. The van der Waals surface area contributed by atoms with Crippen LogP contribution >= 0.6 is 11.3 Å².